The number of piperidine rings is 1. The molecule has 1 fully saturated rings. The van der Waals surface area contributed by atoms with Crippen LogP contribution >= 0.6 is 27.3 Å². The van der Waals surface area contributed by atoms with Gasteiger partial charge in [-0.15, -0.1) is 11.3 Å². The van der Waals surface area contributed by atoms with Gasteiger partial charge < -0.3 is 10.0 Å². The summed E-state index contributed by atoms with van der Waals surface area (Å²) in [5.74, 6) is -1.14. The first-order chi connectivity index (χ1) is 9.08. The number of likely N-dealkylation sites (tertiary alicyclic amines) is 1. The molecule has 102 valence electrons. The van der Waals surface area contributed by atoms with Crippen molar-refractivity contribution in [3.05, 3.63) is 26.9 Å². The highest BCUT2D eigenvalue weighted by atomic mass is 79.9. The molecule has 0 bridgehead atoms. The van der Waals surface area contributed by atoms with E-state index in [0.717, 1.165) is 21.5 Å². The van der Waals surface area contributed by atoms with Crippen molar-refractivity contribution < 1.29 is 14.7 Å². The van der Waals surface area contributed by atoms with Crippen LogP contribution in [0.25, 0.3) is 6.08 Å². The number of hydrogen-bond acceptors (Lipinski definition) is 3. The number of amides is 1. The van der Waals surface area contributed by atoms with Crippen LogP contribution in [-0.2, 0) is 9.59 Å². The lowest BCUT2D eigenvalue weighted by atomic mass is 10.0. The Hall–Kier alpha value is -1.14. The van der Waals surface area contributed by atoms with E-state index in [4.69, 9.17) is 5.11 Å². The molecule has 0 aliphatic carbocycles. The van der Waals surface area contributed by atoms with Crippen LogP contribution in [0, 0.1) is 0 Å². The Morgan fingerprint density at radius 2 is 2.21 bits per heavy atom. The Morgan fingerprint density at radius 1 is 1.42 bits per heavy atom. The quantitative estimate of drug-likeness (QED) is 0.858. The van der Waals surface area contributed by atoms with Gasteiger partial charge in [-0.1, -0.05) is 0 Å². The maximum Gasteiger partial charge on any atom is 0.326 e. The predicted octanol–water partition coefficient (Wildman–Crippen LogP) is 2.99. The van der Waals surface area contributed by atoms with E-state index < -0.39 is 12.0 Å². The average molecular weight is 344 g/mol. The first kappa shape index (κ1) is 14.3. The Labute approximate surface area is 123 Å². The molecule has 1 aromatic heterocycles. The van der Waals surface area contributed by atoms with Crippen LogP contribution in [0.1, 0.15) is 24.1 Å². The molecule has 0 aromatic carbocycles. The zero-order valence-corrected chi connectivity index (χ0v) is 12.6. The van der Waals surface area contributed by atoms with E-state index in [9.17, 15) is 9.59 Å². The maximum atomic E-state index is 12.1. The van der Waals surface area contributed by atoms with E-state index >= 15 is 0 Å². The van der Waals surface area contributed by atoms with Gasteiger partial charge in [-0.2, -0.15) is 0 Å². The molecule has 0 spiro atoms. The van der Waals surface area contributed by atoms with Crippen LogP contribution in [0.5, 0.6) is 0 Å². The highest BCUT2D eigenvalue weighted by Crippen LogP contribution is 2.23. The monoisotopic (exact) mass is 343 g/mol. The first-order valence-electron chi connectivity index (χ1n) is 6.05. The fourth-order valence-corrected chi connectivity index (χ4v) is 3.45. The van der Waals surface area contributed by atoms with E-state index in [2.05, 4.69) is 15.9 Å². The van der Waals surface area contributed by atoms with E-state index in [1.54, 1.807) is 6.08 Å². The van der Waals surface area contributed by atoms with Crippen molar-refractivity contribution in [1.29, 1.82) is 0 Å². The van der Waals surface area contributed by atoms with Crippen LogP contribution in [0.3, 0.4) is 0 Å². The van der Waals surface area contributed by atoms with Crippen LogP contribution < -0.4 is 0 Å². The van der Waals surface area contributed by atoms with Crippen LogP contribution in [-0.4, -0.2) is 34.5 Å². The van der Waals surface area contributed by atoms with Crippen molar-refractivity contribution in [3.8, 4) is 0 Å². The van der Waals surface area contributed by atoms with Crippen molar-refractivity contribution in [2.45, 2.75) is 25.3 Å². The Balaban J connectivity index is 2.05. The summed E-state index contributed by atoms with van der Waals surface area (Å²) in [6.45, 7) is 0.522. The predicted molar refractivity (Wildman–Crippen MR) is 78.0 cm³/mol. The lowest BCUT2D eigenvalue weighted by Gasteiger charge is -2.32. The first-order valence-corrected chi connectivity index (χ1v) is 7.65. The number of carbonyl (C=O) groups is 2. The number of hydrogen-bond donors (Lipinski definition) is 1. The van der Waals surface area contributed by atoms with Crippen LogP contribution in [0.2, 0.25) is 0 Å². The molecule has 1 saturated heterocycles. The Kier molecular flexibility index (Phi) is 4.76. The Bertz CT molecular complexity index is 512. The van der Waals surface area contributed by atoms with E-state index in [0.29, 0.717) is 13.0 Å². The molecule has 1 N–H and O–H groups in total. The average Bonchev–Trinajstić information content (AvgIpc) is 2.81. The topological polar surface area (TPSA) is 57.6 Å². The van der Waals surface area contributed by atoms with Gasteiger partial charge in [0.05, 0.1) is 3.79 Å². The third-order valence-corrected chi connectivity index (χ3v) is 4.64. The molecule has 6 heteroatoms. The van der Waals surface area contributed by atoms with Crippen LogP contribution in [0.15, 0.2) is 22.0 Å². The number of carboxylic acid groups (broad SMARTS) is 1. The molecule has 0 radical (unpaired) electrons. The minimum atomic E-state index is -0.916. The van der Waals surface area contributed by atoms with Gasteiger partial charge >= 0.3 is 5.97 Å². The molecule has 2 rings (SSSR count). The third-order valence-electron chi connectivity index (χ3n) is 3.06. The summed E-state index contributed by atoms with van der Waals surface area (Å²) in [7, 11) is 0. The number of nitrogens with zero attached hydrogens (tertiary/aromatic N) is 1. The lowest BCUT2D eigenvalue weighted by Crippen LogP contribution is -2.47. The summed E-state index contributed by atoms with van der Waals surface area (Å²) in [5.41, 5.74) is 0. The summed E-state index contributed by atoms with van der Waals surface area (Å²) in [6, 6.07) is 3.14. The number of halogens is 1. The second-order valence-corrected chi connectivity index (χ2v) is 6.85. The van der Waals surface area contributed by atoms with Crippen molar-refractivity contribution in [2.75, 3.05) is 6.54 Å². The number of aliphatic carboxylic acids is 1. The normalized spacial score (nSPS) is 19.8. The van der Waals surface area contributed by atoms with Gasteiger partial charge in [0, 0.05) is 17.5 Å². The largest absolute Gasteiger partial charge is 0.480 e. The molecule has 1 aromatic rings. The van der Waals surface area contributed by atoms with E-state index in [-0.39, 0.29) is 5.91 Å². The number of thiophene rings is 1. The van der Waals surface area contributed by atoms with E-state index in [1.807, 2.05) is 12.1 Å². The minimum absolute atomic E-state index is 0.225. The SMILES string of the molecule is O=C(O)[C@H]1CCCCN1C(=O)C=Cc1ccc(Br)s1. The second kappa shape index (κ2) is 6.34. The highest BCUT2D eigenvalue weighted by Gasteiger charge is 2.30. The van der Waals surface area contributed by atoms with Gasteiger partial charge in [0.1, 0.15) is 6.04 Å². The van der Waals surface area contributed by atoms with Gasteiger partial charge in [-0.3, -0.25) is 4.79 Å². The van der Waals surface area contributed by atoms with Gasteiger partial charge in [0.2, 0.25) is 5.91 Å². The summed E-state index contributed by atoms with van der Waals surface area (Å²) in [4.78, 5) is 25.6. The smallest absolute Gasteiger partial charge is 0.326 e. The molecular formula is C13H14BrNO3S. The molecular weight excluding hydrogens is 330 g/mol. The second-order valence-electron chi connectivity index (χ2n) is 4.36. The van der Waals surface area contributed by atoms with Crippen molar-refractivity contribution >= 4 is 45.2 Å². The summed E-state index contributed by atoms with van der Waals surface area (Å²) >= 11 is 4.88. The van der Waals surface area contributed by atoms with Crippen molar-refractivity contribution in [1.82, 2.24) is 4.90 Å². The maximum absolute atomic E-state index is 12.1. The highest BCUT2D eigenvalue weighted by molar-refractivity contribution is 9.11. The van der Waals surface area contributed by atoms with Crippen molar-refractivity contribution in [3.63, 3.8) is 0 Å². The third kappa shape index (κ3) is 3.67. The number of carboxylic acids is 1. The van der Waals surface area contributed by atoms with Gasteiger partial charge in [0.15, 0.2) is 0 Å². The van der Waals surface area contributed by atoms with Crippen LogP contribution in [0.4, 0.5) is 0 Å². The molecule has 1 amide bonds. The fraction of sp³-hybridized carbons (Fsp3) is 0.385. The molecule has 1 aliphatic heterocycles. The Morgan fingerprint density at radius 3 is 2.84 bits per heavy atom. The van der Waals surface area contributed by atoms with Crippen molar-refractivity contribution in [2.24, 2.45) is 0 Å². The van der Waals surface area contributed by atoms with E-state index in [1.165, 1.54) is 22.3 Å². The number of carbonyl (C=O) groups excluding carboxylic acids is 1. The van der Waals surface area contributed by atoms with Gasteiger partial charge in [0.25, 0.3) is 0 Å². The molecule has 19 heavy (non-hydrogen) atoms. The summed E-state index contributed by atoms with van der Waals surface area (Å²) < 4.78 is 1.00. The molecule has 4 nitrogen and oxygen atoms in total. The summed E-state index contributed by atoms with van der Waals surface area (Å²) in [6.07, 6.45) is 5.46. The standard InChI is InChI=1S/C13H14BrNO3S/c14-11-6-4-9(19-11)5-7-12(16)15-8-2-1-3-10(15)13(17)18/h4-7,10H,1-3,8H2,(H,17,18)/t10-/m1/s1. The molecule has 2 heterocycles. The minimum Gasteiger partial charge on any atom is -0.480 e. The summed E-state index contributed by atoms with van der Waals surface area (Å²) in [5, 5.41) is 9.12. The zero-order chi connectivity index (χ0) is 13.8. The fourth-order valence-electron chi connectivity index (χ4n) is 2.12. The van der Waals surface area contributed by atoms with Gasteiger partial charge in [-0.05, 0) is 53.4 Å². The molecule has 1 aliphatic rings. The molecule has 0 unspecified atom stereocenters. The zero-order valence-electron chi connectivity index (χ0n) is 10.2. The number of rotatable bonds is 3. The van der Waals surface area contributed by atoms with Gasteiger partial charge in [-0.25, -0.2) is 4.79 Å². The molecule has 0 saturated carbocycles. The lowest BCUT2D eigenvalue weighted by molar-refractivity contribution is -0.150. The molecule has 1 atom stereocenters.